The average molecular weight is 747 g/mol. The summed E-state index contributed by atoms with van der Waals surface area (Å²) in [5.41, 5.74) is -2.62. The molecule has 0 aromatic rings. The number of aliphatic hydroxyl groups is 4. The first-order chi connectivity index (χ1) is 24.1. The van der Waals surface area contributed by atoms with Crippen LogP contribution in [-0.4, -0.2) is 149 Å². The Morgan fingerprint density at radius 3 is 2.21 bits per heavy atom. The number of ether oxygens (including phenoxy) is 7. The summed E-state index contributed by atoms with van der Waals surface area (Å²) in [5, 5.41) is 45.4. The van der Waals surface area contributed by atoms with Crippen LogP contribution in [-0.2, 0) is 38.0 Å². The first-order valence-corrected chi connectivity index (χ1v) is 19.1. The molecule has 14 nitrogen and oxygen atoms in total. The standard InChI is InChI=1S/C38H70N2O12/c1-15-20(3)47-35(44)24(7)31(51-28-18-38(11,46-14)32(43)26(9)49-28)23(6)33(52-36-30(42)27(40(12)13)16-21(4)48-36)37(10,45)17-19(2)39-34-22(5)29(41)25(8)50-34/h19-33,36,41-43,45H,15-18H2,1-14H3/t19?,20-,21?,22?,23?,24?,25?,26?,27?,28?,29?,30?,31?,32?,33?,36?,37?,38?/m0/s1. The van der Waals surface area contributed by atoms with Crippen LogP contribution in [0.3, 0.4) is 0 Å². The van der Waals surface area contributed by atoms with Crippen molar-refractivity contribution in [3.05, 3.63) is 0 Å². The van der Waals surface area contributed by atoms with Crippen LogP contribution in [0.2, 0.25) is 0 Å². The highest BCUT2D eigenvalue weighted by Gasteiger charge is 2.51. The fourth-order valence-corrected chi connectivity index (χ4v) is 7.84. The summed E-state index contributed by atoms with van der Waals surface area (Å²) in [7, 11) is 5.29. The van der Waals surface area contributed by atoms with E-state index in [4.69, 9.17) is 38.2 Å². The molecule has 0 bridgehead atoms. The topological polar surface area (TPSA) is 178 Å². The van der Waals surface area contributed by atoms with Crippen LogP contribution in [0.5, 0.6) is 0 Å². The highest BCUT2D eigenvalue weighted by molar-refractivity contribution is 5.81. The Labute approximate surface area is 311 Å². The monoisotopic (exact) mass is 746 g/mol. The predicted octanol–water partition coefficient (Wildman–Crippen LogP) is 3.04. The number of carbonyl (C=O) groups is 1. The second-order valence-electron chi connectivity index (χ2n) is 16.4. The minimum absolute atomic E-state index is 0.0882. The van der Waals surface area contributed by atoms with Crippen LogP contribution >= 0.6 is 0 Å². The number of hydrogen-bond acceptors (Lipinski definition) is 14. The van der Waals surface area contributed by atoms with Crippen LogP contribution < -0.4 is 0 Å². The van der Waals surface area contributed by atoms with E-state index in [0.29, 0.717) is 18.7 Å². The largest absolute Gasteiger partial charge is 0.475 e. The van der Waals surface area contributed by atoms with Crippen molar-refractivity contribution < 1.29 is 58.4 Å². The quantitative estimate of drug-likeness (QED) is 0.170. The molecule has 4 N–H and O–H groups in total. The van der Waals surface area contributed by atoms with Crippen molar-refractivity contribution >= 4 is 11.9 Å². The second kappa shape index (κ2) is 18.4. The molecule has 3 saturated heterocycles. The smallest absolute Gasteiger partial charge is 0.311 e. The fourth-order valence-electron chi connectivity index (χ4n) is 7.84. The van der Waals surface area contributed by atoms with Gasteiger partial charge in [0.05, 0.1) is 59.6 Å². The van der Waals surface area contributed by atoms with E-state index in [2.05, 4.69) is 0 Å². The Morgan fingerprint density at radius 1 is 1.04 bits per heavy atom. The third kappa shape index (κ3) is 10.6. The molecule has 0 aromatic heterocycles. The number of aliphatic hydroxyl groups excluding tert-OH is 3. The Bertz CT molecular complexity index is 1170. The van der Waals surface area contributed by atoms with Crippen LogP contribution in [0.15, 0.2) is 4.99 Å². The highest BCUT2D eigenvalue weighted by atomic mass is 16.7. The van der Waals surface area contributed by atoms with E-state index in [1.807, 2.05) is 60.5 Å². The number of nitrogens with zero attached hydrogens (tertiary/aromatic N) is 2. The zero-order chi connectivity index (χ0) is 39.5. The number of aliphatic imine (C=N–C) groups is 1. The summed E-state index contributed by atoms with van der Waals surface area (Å²) in [6.07, 6.45) is -6.91. The molecule has 18 atom stereocenters. The minimum Gasteiger partial charge on any atom is -0.475 e. The van der Waals surface area contributed by atoms with Gasteiger partial charge in [0.25, 0.3) is 0 Å². The lowest BCUT2D eigenvalue weighted by atomic mass is 9.78. The van der Waals surface area contributed by atoms with E-state index in [1.54, 1.807) is 34.6 Å². The summed E-state index contributed by atoms with van der Waals surface area (Å²) in [5.74, 6) is -1.98. The third-order valence-corrected chi connectivity index (χ3v) is 11.5. The van der Waals surface area contributed by atoms with E-state index in [-0.39, 0.29) is 37.0 Å². The number of carbonyl (C=O) groups excluding carboxylic acids is 1. The molecular formula is C38H70N2O12. The van der Waals surface area contributed by atoms with Gasteiger partial charge in [-0.2, -0.15) is 0 Å². The van der Waals surface area contributed by atoms with E-state index in [9.17, 15) is 25.2 Å². The lowest BCUT2D eigenvalue weighted by molar-refractivity contribution is -0.317. The SMILES string of the molecule is CC[C@H](C)OC(=O)C(C)C(OC1CC(C)(OC)C(O)C(C)O1)C(C)C(OC1OC(C)CC(N(C)C)C1O)C(C)(O)CC(C)N=C1OC(C)C(O)C1C. The molecule has 3 aliphatic heterocycles. The molecule has 0 aromatic carbocycles. The number of rotatable bonds is 16. The Hall–Kier alpha value is -1.46. The van der Waals surface area contributed by atoms with Gasteiger partial charge in [-0.15, -0.1) is 0 Å². The molecule has 52 heavy (non-hydrogen) atoms. The van der Waals surface area contributed by atoms with Crippen molar-refractivity contribution in [1.29, 1.82) is 0 Å². The summed E-state index contributed by atoms with van der Waals surface area (Å²) < 4.78 is 43.1. The maximum atomic E-state index is 13.7. The van der Waals surface area contributed by atoms with Crippen LogP contribution in [0, 0.1) is 17.8 Å². The lowest BCUT2D eigenvalue weighted by Crippen LogP contribution is -2.60. The minimum atomic E-state index is -1.63. The van der Waals surface area contributed by atoms with Crippen molar-refractivity contribution in [1.82, 2.24) is 4.90 Å². The van der Waals surface area contributed by atoms with Gasteiger partial charge in [0, 0.05) is 31.9 Å². The molecule has 0 saturated carbocycles. The van der Waals surface area contributed by atoms with Gasteiger partial charge in [-0.05, 0) is 82.3 Å². The molecule has 3 aliphatic rings. The van der Waals surface area contributed by atoms with Gasteiger partial charge in [-0.1, -0.05) is 20.8 Å². The lowest BCUT2D eigenvalue weighted by Gasteiger charge is -2.48. The molecule has 0 radical (unpaired) electrons. The average Bonchev–Trinajstić information content (AvgIpc) is 3.30. The van der Waals surface area contributed by atoms with Gasteiger partial charge < -0.3 is 58.5 Å². The molecular weight excluding hydrogens is 676 g/mol. The number of methoxy groups -OCH3 is 1. The summed E-state index contributed by atoms with van der Waals surface area (Å²) in [4.78, 5) is 20.4. The first kappa shape index (κ1) is 44.9. The Kier molecular flexibility index (Phi) is 15.9. The molecule has 3 fully saturated rings. The van der Waals surface area contributed by atoms with E-state index in [1.165, 1.54) is 7.11 Å². The number of esters is 1. The Morgan fingerprint density at radius 2 is 1.67 bits per heavy atom. The van der Waals surface area contributed by atoms with Gasteiger partial charge >= 0.3 is 5.97 Å². The molecule has 304 valence electrons. The van der Waals surface area contributed by atoms with Crippen LogP contribution in [0.1, 0.15) is 102 Å². The van der Waals surface area contributed by atoms with Crippen molar-refractivity contribution in [3.8, 4) is 0 Å². The summed E-state index contributed by atoms with van der Waals surface area (Å²) in [6, 6.07) is -0.756. The van der Waals surface area contributed by atoms with Crippen molar-refractivity contribution in [3.63, 3.8) is 0 Å². The Balaban J connectivity index is 2.07. The van der Waals surface area contributed by atoms with Crippen molar-refractivity contribution in [2.75, 3.05) is 21.2 Å². The highest BCUT2D eigenvalue weighted by Crippen LogP contribution is 2.39. The second-order valence-corrected chi connectivity index (χ2v) is 16.4. The van der Waals surface area contributed by atoms with Crippen molar-refractivity contribution in [2.24, 2.45) is 22.7 Å². The zero-order valence-corrected chi connectivity index (χ0v) is 34.0. The molecule has 0 amide bonds. The van der Waals surface area contributed by atoms with Crippen molar-refractivity contribution in [2.45, 2.75) is 193 Å². The molecule has 0 spiro atoms. The van der Waals surface area contributed by atoms with Crippen LogP contribution in [0.4, 0.5) is 0 Å². The predicted molar refractivity (Wildman–Crippen MR) is 195 cm³/mol. The molecule has 14 heteroatoms. The van der Waals surface area contributed by atoms with E-state index < -0.39 is 90.4 Å². The molecule has 0 aliphatic carbocycles. The van der Waals surface area contributed by atoms with E-state index >= 15 is 0 Å². The van der Waals surface area contributed by atoms with Gasteiger partial charge in [-0.3, -0.25) is 9.79 Å². The summed E-state index contributed by atoms with van der Waals surface area (Å²) >= 11 is 0. The maximum absolute atomic E-state index is 13.7. The number of hydrogen-bond donors (Lipinski definition) is 4. The first-order valence-electron chi connectivity index (χ1n) is 19.1. The summed E-state index contributed by atoms with van der Waals surface area (Å²) in [6.45, 7) is 19.8. The van der Waals surface area contributed by atoms with Gasteiger partial charge in [0.15, 0.2) is 18.5 Å². The fraction of sp³-hybridized carbons (Fsp3) is 0.947. The van der Waals surface area contributed by atoms with Gasteiger partial charge in [0.1, 0.15) is 24.4 Å². The molecule has 17 unspecified atom stereocenters. The molecule has 3 rings (SSSR count). The van der Waals surface area contributed by atoms with E-state index in [0.717, 1.165) is 0 Å². The normalized spacial score (nSPS) is 39.6. The van der Waals surface area contributed by atoms with Gasteiger partial charge in [0.2, 0.25) is 0 Å². The molecule has 3 heterocycles. The third-order valence-electron chi connectivity index (χ3n) is 11.5. The maximum Gasteiger partial charge on any atom is 0.311 e. The van der Waals surface area contributed by atoms with Crippen LogP contribution in [0.25, 0.3) is 0 Å². The zero-order valence-electron chi connectivity index (χ0n) is 34.0. The number of likely N-dealkylation sites (N-methyl/N-ethyl adjacent to an activating group) is 1. The van der Waals surface area contributed by atoms with Gasteiger partial charge in [-0.25, -0.2) is 0 Å².